The smallest absolute Gasteiger partial charge is 0.337 e. The van der Waals surface area contributed by atoms with E-state index in [0.717, 1.165) is 67.0 Å². The SMILES string of the molecule is CCO[C@@H]1OC(C(=O)N2CCc3cc(OC)c(OC)cc3[C@H]2C[C@H]2C[C@H]3c4cc(OC)c(OC)cc4CCN3C[C@@H]2CC)=C[C@H](c2ccc(C(=O)OC)cc2)[C@@H]1CCOCCOCCO. The van der Waals surface area contributed by atoms with Gasteiger partial charge in [-0.15, -0.1) is 0 Å². The van der Waals surface area contributed by atoms with Crippen LogP contribution in [0.5, 0.6) is 23.0 Å². The second-order valence-corrected chi connectivity index (χ2v) is 17.2. The minimum Gasteiger partial charge on any atom is -0.493 e. The molecule has 1 N–H and O–H groups in total. The maximum absolute atomic E-state index is 15.4. The Balaban J connectivity index is 1.24. The number of methoxy groups -OCH3 is 5. The summed E-state index contributed by atoms with van der Waals surface area (Å²) in [6, 6.07) is 15.7. The number of aliphatic hydroxyl groups is 1. The van der Waals surface area contributed by atoms with Crippen LogP contribution in [0, 0.1) is 17.8 Å². The van der Waals surface area contributed by atoms with Crippen LogP contribution in [-0.4, -0.2) is 128 Å². The molecule has 0 unspecified atom stereocenters. The number of aliphatic hydroxyl groups excluding tert-OH is 1. The first-order valence-electron chi connectivity index (χ1n) is 23.2. The number of esters is 1. The molecular formula is C51H68N2O12. The minimum absolute atomic E-state index is 0.0483. The second-order valence-electron chi connectivity index (χ2n) is 17.2. The van der Waals surface area contributed by atoms with Crippen molar-refractivity contribution >= 4 is 11.9 Å². The molecule has 4 aliphatic heterocycles. The Bertz CT molecular complexity index is 2110. The van der Waals surface area contributed by atoms with E-state index in [9.17, 15) is 4.79 Å². The monoisotopic (exact) mass is 900 g/mol. The number of amides is 1. The van der Waals surface area contributed by atoms with E-state index in [2.05, 4.69) is 36.1 Å². The maximum Gasteiger partial charge on any atom is 0.337 e. The maximum atomic E-state index is 15.4. The quantitative estimate of drug-likeness (QED) is 0.0914. The number of ether oxygens (including phenoxy) is 9. The summed E-state index contributed by atoms with van der Waals surface area (Å²) in [5.74, 6) is 2.57. The number of allylic oxidation sites excluding steroid dienone is 1. The lowest BCUT2D eigenvalue weighted by Crippen LogP contribution is -2.48. The molecule has 3 aromatic carbocycles. The summed E-state index contributed by atoms with van der Waals surface area (Å²) in [4.78, 5) is 32.5. The Morgan fingerprint density at radius 1 is 0.769 bits per heavy atom. The molecule has 4 heterocycles. The van der Waals surface area contributed by atoms with Gasteiger partial charge in [-0.25, -0.2) is 4.79 Å². The molecule has 1 saturated heterocycles. The molecule has 0 bridgehead atoms. The lowest BCUT2D eigenvalue weighted by atomic mass is 9.72. The van der Waals surface area contributed by atoms with Gasteiger partial charge in [0.05, 0.1) is 73.6 Å². The van der Waals surface area contributed by atoms with Gasteiger partial charge in [-0.3, -0.25) is 9.69 Å². The van der Waals surface area contributed by atoms with Gasteiger partial charge < -0.3 is 52.6 Å². The largest absolute Gasteiger partial charge is 0.493 e. The van der Waals surface area contributed by atoms with Crippen LogP contribution < -0.4 is 18.9 Å². The van der Waals surface area contributed by atoms with Gasteiger partial charge in [-0.05, 0) is 121 Å². The third kappa shape index (κ3) is 10.6. The van der Waals surface area contributed by atoms with Crippen molar-refractivity contribution in [2.24, 2.45) is 17.8 Å². The van der Waals surface area contributed by atoms with E-state index in [4.69, 9.17) is 47.7 Å². The zero-order valence-electron chi connectivity index (χ0n) is 39.2. The van der Waals surface area contributed by atoms with Crippen molar-refractivity contribution in [2.75, 3.05) is 94.8 Å². The Morgan fingerprint density at radius 3 is 2.03 bits per heavy atom. The molecule has 0 radical (unpaired) electrons. The van der Waals surface area contributed by atoms with Crippen LogP contribution >= 0.6 is 0 Å². The molecule has 0 spiro atoms. The Hall–Kier alpha value is -4.86. The normalized spacial score (nSPS) is 23.8. The highest BCUT2D eigenvalue weighted by Crippen LogP contribution is 2.50. The molecule has 1 fully saturated rings. The molecule has 0 saturated carbocycles. The van der Waals surface area contributed by atoms with Gasteiger partial charge in [0, 0.05) is 50.7 Å². The predicted molar refractivity (Wildman–Crippen MR) is 244 cm³/mol. The molecule has 4 aliphatic rings. The topological polar surface area (TPSA) is 144 Å². The summed E-state index contributed by atoms with van der Waals surface area (Å²) in [6.45, 7) is 8.34. The number of hydrogen-bond donors (Lipinski definition) is 1. The van der Waals surface area contributed by atoms with Crippen molar-refractivity contribution in [2.45, 2.75) is 76.7 Å². The van der Waals surface area contributed by atoms with E-state index in [1.165, 1.54) is 18.2 Å². The van der Waals surface area contributed by atoms with Crippen LogP contribution in [0.3, 0.4) is 0 Å². The van der Waals surface area contributed by atoms with E-state index in [1.54, 1.807) is 40.6 Å². The fraction of sp³-hybridized carbons (Fsp3) is 0.569. The van der Waals surface area contributed by atoms with Crippen molar-refractivity contribution in [3.63, 3.8) is 0 Å². The summed E-state index contributed by atoms with van der Waals surface area (Å²) in [6.07, 6.45) is 6.05. The molecule has 0 aromatic heterocycles. The highest BCUT2D eigenvalue weighted by molar-refractivity contribution is 5.92. The summed E-state index contributed by atoms with van der Waals surface area (Å²) >= 11 is 0. The fourth-order valence-electron chi connectivity index (χ4n) is 10.6. The van der Waals surface area contributed by atoms with Crippen molar-refractivity contribution in [3.8, 4) is 23.0 Å². The summed E-state index contributed by atoms with van der Waals surface area (Å²) in [7, 11) is 8.04. The number of hydrogen-bond acceptors (Lipinski definition) is 13. The van der Waals surface area contributed by atoms with E-state index in [-0.39, 0.29) is 54.7 Å². The molecule has 0 aliphatic carbocycles. The van der Waals surface area contributed by atoms with Crippen LogP contribution in [0.4, 0.5) is 0 Å². The first-order valence-corrected chi connectivity index (χ1v) is 23.2. The minimum atomic E-state index is -0.751. The Kier molecular flexibility index (Phi) is 16.7. The van der Waals surface area contributed by atoms with Crippen LogP contribution in [0.15, 0.2) is 60.4 Å². The first kappa shape index (κ1) is 48.1. The third-order valence-corrected chi connectivity index (χ3v) is 13.9. The third-order valence-electron chi connectivity index (χ3n) is 13.9. The van der Waals surface area contributed by atoms with Crippen LogP contribution in [0.25, 0.3) is 0 Å². The lowest BCUT2D eigenvalue weighted by molar-refractivity contribution is -0.173. The average molecular weight is 901 g/mol. The number of rotatable bonds is 20. The zero-order valence-corrected chi connectivity index (χ0v) is 39.2. The molecule has 65 heavy (non-hydrogen) atoms. The van der Waals surface area contributed by atoms with E-state index in [0.29, 0.717) is 68.8 Å². The van der Waals surface area contributed by atoms with E-state index < -0.39 is 12.3 Å². The molecule has 3 aromatic rings. The summed E-state index contributed by atoms with van der Waals surface area (Å²) in [5, 5.41) is 9.08. The van der Waals surface area contributed by atoms with Gasteiger partial charge >= 0.3 is 5.97 Å². The number of piperidine rings is 1. The molecule has 7 rings (SSSR count). The molecular weight excluding hydrogens is 833 g/mol. The molecule has 1 amide bonds. The summed E-state index contributed by atoms with van der Waals surface area (Å²) < 4.78 is 52.6. The highest BCUT2D eigenvalue weighted by atomic mass is 16.7. The first-order chi connectivity index (χ1) is 31.7. The van der Waals surface area contributed by atoms with Gasteiger partial charge in [0.1, 0.15) is 0 Å². The highest BCUT2D eigenvalue weighted by Gasteiger charge is 2.45. The number of nitrogens with zero attached hydrogens (tertiary/aromatic N) is 2. The molecule has 14 heteroatoms. The average Bonchev–Trinajstić information content (AvgIpc) is 3.34. The molecule has 354 valence electrons. The predicted octanol–water partition coefficient (Wildman–Crippen LogP) is 7.06. The van der Waals surface area contributed by atoms with Crippen LogP contribution in [-0.2, 0) is 41.3 Å². The van der Waals surface area contributed by atoms with Crippen LogP contribution in [0.2, 0.25) is 0 Å². The van der Waals surface area contributed by atoms with Crippen molar-refractivity contribution in [1.29, 1.82) is 0 Å². The van der Waals surface area contributed by atoms with Crippen molar-refractivity contribution in [3.05, 3.63) is 93.7 Å². The number of benzene rings is 3. The van der Waals surface area contributed by atoms with Crippen molar-refractivity contribution < 1.29 is 57.3 Å². The van der Waals surface area contributed by atoms with Gasteiger partial charge in [0.25, 0.3) is 5.91 Å². The fourth-order valence-corrected chi connectivity index (χ4v) is 10.6. The van der Waals surface area contributed by atoms with E-state index in [1.807, 2.05) is 30.0 Å². The van der Waals surface area contributed by atoms with E-state index >= 15 is 4.79 Å². The van der Waals surface area contributed by atoms with Gasteiger partial charge in [0.15, 0.2) is 28.8 Å². The standard InChI is InChI=1S/C51H68N2O12/c1-8-32-31-52-17-14-35-26-44(57-3)46(59-5)29-40(35)42(52)24-37(32)25-43-41-30-47(60-6)45(58-4)27-36(41)15-18-53(43)49(55)48-28-39(33-10-12-34(13-11-33)50(56)61-7)38(51(65-48)64-9-2)16-20-62-22-23-63-21-19-54/h10-13,26-30,32,37-39,42-43,51,54H,8-9,14-25,31H2,1-7H3/t32-,37+,38-,39+,42-,43+,51+/m0/s1. The van der Waals surface area contributed by atoms with Crippen LogP contribution in [0.1, 0.15) is 95.7 Å². The lowest BCUT2D eigenvalue weighted by Gasteiger charge is -2.49. The van der Waals surface area contributed by atoms with Gasteiger partial charge in [0.2, 0.25) is 6.29 Å². The van der Waals surface area contributed by atoms with Crippen molar-refractivity contribution in [1.82, 2.24) is 9.80 Å². The molecule has 14 nitrogen and oxygen atoms in total. The number of carbonyl (C=O) groups is 2. The second kappa shape index (κ2) is 22.6. The number of carbonyl (C=O) groups excluding carboxylic acids is 2. The van der Waals surface area contributed by atoms with Gasteiger partial charge in [-0.2, -0.15) is 0 Å². The summed E-state index contributed by atoms with van der Waals surface area (Å²) in [5.41, 5.74) is 6.12. The zero-order chi connectivity index (χ0) is 46.0. The molecule has 7 atom stereocenters. The number of fused-ring (bicyclic) bond motifs is 4. The Labute approximate surface area is 384 Å². The van der Waals surface area contributed by atoms with Gasteiger partial charge in [-0.1, -0.05) is 25.5 Å². The Morgan fingerprint density at radius 2 is 1.40 bits per heavy atom.